The monoisotopic (exact) mass is 416 g/mol. The highest BCUT2D eigenvalue weighted by molar-refractivity contribution is 14.1. The van der Waals surface area contributed by atoms with Gasteiger partial charge >= 0.3 is 0 Å². The molecule has 1 unspecified atom stereocenters. The van der Waals surface area contributed by atoms with Crippen LogP contribution < -0.4 is 0 Å². The fourth-order valence-corrected chi connectivity index (χ4v) is 4.26. The number of hydrogen-bond donors (Lipinski definition) is 0. The molecule has 0 saturated heterocycles. The molecule has 0 aliphatic carbocycles. The summed E-state index contributed by atoms with van der Waals surface area (Å²) in [4.78, 5) is 0. The predicted octanol–water partition coefficient (Wildman–Crippen LogP) is 6.30. The van der Waals surface area contributed by atoms with Gasteiger partial charge in [0, 0.05) is 3.57 Å². The average Bonchev–Trinajstić information content (AvgIpc) is 2.43. The minimum atomic E-state index is -0.254. The molecule has 0 radical (unpaired) electrons. The Labute approximate surface area is 144 Å². The summed E-state index contributed by atoms with van der Waals surface area (Å²) in [6.45, 7) is 10.7. The molecule has 0 saturated carbocycles. The van der Waals surface area contributed by atoms with E-state index >= 15 is 0 Å². The molecule has 3 heteroatoms. The highest BCUT2D eigenvalue weighted by atomic mass is 127. The minimum absolute atomic E-state index is 0.225. The van der Waals surface area contributed by atoms with Crippen LogP contribution in [0.4, 0.5) is 4.39 Å². The lowest BCUT2D eigenvalue weighted by Gasteiger charge is -2.23. The third-order valence-corrected chi connectivity index (χ3v) is 5.93. The topological polar surface area (TPSA) is 0 Å². The molecule has 112 valence electrons. The SMILES string of the molecule is Cc1c(C)c(C)c(C(Cl)c2ccc(F)cc2I)c(C)c1C. The molecule has 0 bridgehead atoms. The van der Waals surface area contributed by atoms with Crippen molar-refractivity contribution < 1.29 is 4.39 Å². The Morgan fingerprint density at radius 2 is 1.38 bits per heavy atom. The molecular weight excluding hydrogens is 398 g/mol. The summed E-state index contributed by atoms with van der Waals surface area (Å²) in [5.41, 5.74) is 8.49. The zero-order chi connectivity index (χ0) is 15.9. The normalized spacial score (nSPS) is 12.6. The Hall–Kier alpha value is -0.610. The molecule has 0 heterocycles. The second kappa shape index (κ2) is 6.25. The number of benzene rings is 2. The van der Waals surface area contributed by atoms with Crippen LogP contribution in [-0.4, -0.2) is 0 Å². The van der Waals surface area contributed by atoms with E-state index in [2.05, 4.69) is 57.2 Å². The van der Waals surface area contributed by atoms with Crippen LogP contribution in [0.3, 0.4) is 0 Å². The lowest BCUT2D eigenvalue weighted by Crippen LogP contribution is -2.07. The van der Waals surface area contributed by atoms with Crippen molar-refractivity contribution in [1.82, 2.24) is 0 Å². The summed E-state index contributed by atoms with van der Waals surface area (Å²) in [7, 11) is 0. The van der Waals surface area contributed by atoms with Gasteiger partial charge in [-0.2, -0.15) is 0 Å². The minimum Gasteiger partial charge on any atom is -0.207 e. The number of rotatable bonds is 2. The van der Waals surface area contributed by atoms with Gasteiger partial charge in [-0.25, -0.2) is 4.39 Å². The van der Waals surface area contributed by atoms with E-state index in [0.29, 0.717) is 0 Å². The largest absolute Gasteiger partial charge is 0.207 e. The lowest BCUT2D eigenvalue weighted by atomic mass is 9.86. The molecule has 0 spiro atoms. The predicted molar refractivity (Wildman–Crippen MR) is 96.9 cm³/mol. The second-order valence-corrected chi connectivity index (χ2v) is 7.17. The van der Waals surface area contributed by atoms with Crippen molar-refractivity contribution in [3.63, 3.8) is 0 Å². The van der Waals surface area contributed by atoms with Crippen molar-refractivity contribution in [2.45, 2.75) is 40.0 Å². The molecule has 0 N–H and O–H groups in total. The Balaban J connectivity index is 2.66. The van der Waals surface area contributed by atoms with Gasteiger partial charge in [0.2, 0.25) is 0 Å². The Morgan fingerprint density at radius 3 is 1.86 bits per heavy atom. The quantitative estimate of drug-likeness (QED) is 0.398. The van der Waals surface area contributed by atoms with E-state index in [1.165, 1.54) is 39.9 Å². The molecule has 2 aromatic carbocycles. The number of halogens is 3. The summed E-state index contributed by atoms with van der Waals surface area (Å²) < 4.78 is 14.2. The standard InChI is InChI=1S/C18H19ClFI/c1-9-10(2)12(4)17(13(5)11(9)3)18(19)15-7-6-14(20)8-16(15)21/h6-8,18H,1-5H3. The van der Waals surface area contributed by atoms with Gasteiger partial charge in [0.15, 0.2) is 0 Å². The summed E-state index contributed by atoms with van der Waals surface area (Å²) >= 11 is 8.92. The van der Waals surface area contributed by atoms with Crippen LogP contribution in [0.25, 0.3) is 0 Å². The molecular formula is C18H19ClFI. The van der Waals surface area contributed by atoms with Gasteiger partial charge in [-0.3, -0.25) is 0 Å². The smallest absolute Gasteiger partial charge is 0.124 e. The molecule has 0 aromatic heterocycles. The lowest BCUT2D eigenvalue weighted by molar-refractivity contribution is 0.626. The summed E-state index contributed by atoms with van der Waals surface area (Å²) in [5.74, 6) is -0.225. The molecule has 2 rings (SSSR count). The summed E-state index contributed by atoms with van der Waals surface area (Å²) in [5, 5.41) is -0.254. The van der Waals surface area contributed by atoms with E-state index in [4.69, 9.17) is 11.6 Å². The molecule has 2 aromatic rings. The maximum atomic E-state index is 13.3. The first-order valence-corrected chi connectivity index (χ1v) is 8.43. The van der Waals surface area contributed by atoms with Crippen molar-refractivity contribution in [1.29, 1.82) is 0 Å². The molecule has 0 aliphatic rings. The fraction of sp³-hybridized carbons (Fsp3) is 0.333. The Morgan fingerprint density at radius 1 is 0.905 bits per heavy atom. The van der Waals surface area contributed by atoms with Crippen molar-refractivity contribution in [3.8, 4) is 0 Å². The van der Waals surface area contributed by atoms with Gasteiger partial charge < -0.3 is 0 Å². The van der Waals surface area contributed by atoms with Crippen LogP contribution >= 0.6 is 34.2 Å². The zero-order valence-corrected chi connectivity index (χ0v) is 15.9. The van der Waals surface area contributed by atoms with Crippen molar-refractivity contribution in [2.75, 3.05) is 0 Å². The first kappa shape index (κ1) is 16.8. The maximum Gasteiger partial charge on any atom is 0.124 e. The Bertz CT molecular complexity index is 678. The van der Waals surface area contributed by atoms with Crippen molar-refractivity contribution in [3.05, 3.63) is 66.5 Å². The average molecular weight is 417 g/mol. The van der Waals surface area contributed by atoms with Crippen LogP contribution in [0.1, 0.15) is 44.3 Å². The van der Waals surface area contributed by atoms with E-state index < -0.39 is 0 Å². The van der Waals surface area contributed by atoms with Crippen LogP contribution in [0.2, 0.25) is 0 Å². The third-order valence-electron chi connectivity index (χ3n) is 4.55. The molecule has 21 heavy (non-hydrogen) atoms. The van der Waals surface area contributed by atoms with E-state index in [0.717, 1.165) is 14.7 Å². The van der Waals surface area contributed by atoms with Gasteiger partial charge in [0.1, 0.15) is 5.82 Å². The highest BCUT2D eigenvalue weighted by Gasteiger charge is 2.21. The summed E-state index contributed by atoms with van der Waals surface area (Å²) in [6.07, 6.45) is 0. The fourth-order valence-electron chi connectivity index (χ4n) is 2.77. The van der Waals surface area contributed by atoms with Gasteiger partial charge in [-0.1, -0.05) is 6.07 Å². The van der Waals surface area contributed by atoms with E-state index in [1.54, 1.807) is 6.07 Å². The van der Waals surface area contributed by atoms with Crippen LogP contribution in [0.15, 0.2) is 18.2 Å². The zero-order valence-electron chi connectivity index (χ0n) is 12.9. The van der Waals surface area contributed by atoms with Crippen molar-refractivity contribution in [2.24, 2.45) is 0 Å². The second-order valence-electron chi connectivity index (χ2n) is 5.57. The maximum absolute atomic E-state index is 13.3. The summed E-state index contributed by atoms with van der Waals surface area (Å²) in [6, 6.07) is 4.80. The molecule has 0 nitrogen and oxygen atoms in total. The van der Waals surface area contributed by atoms with Crippen LogP contribution in [0.5, 0.6) is 0 Å². The van der Waals surface area contributed by atoms with E-state index in [-0.39, 0.29) is 11.2 Å². The molecule has 0 amide bonds. The van der Waals surface area contributed by atoms with E-state index in [1.807, 2.05) is 0 Å². The van der Waals surface area contributed by atoms with Crippen LogP contribution in [0, 0.1) is 44.0 Å². The third kappa shape index (κ3) is 2.98. The van der Waals surface area contributed by atoms with Gasteiger partial charge in [-0.15, -0.1) is 11.6 Å². The highest BCUT2D eigenvalue weighted by Crippen LogP contribution is 2.39. The molecule has 1 atom stereocenters. The van der Waals surface area contributed by atoms with Crippen LogP contribution in [-0.2, 0) is 0 Å². The van der Waals surface area contributed by atoms with Crippen molar-refractivity contribution >= 4 is 34.2 Å². The van der Waals surface area contributed by atoms with Gasteiger partial charge in [0.05, 0.1) is 5.38 Å². The number of hydrogen-bond acceptors (Lipinski definition) is 0. The first-order chi connectivity index (χ1) is 9.75. The van der Waals surface area contributed by atoms with E-state index in [9.17, 15) is 4.39 Å². The Kier molecular flexibility index (Phi) is 4.99. The first-order valence-electron chi connectivity index (χ1n) is 6.91. The van der Waals surface area contributed by atoms with Gasteiger partial charge in [0.25, 0.3) is 0 Å². The molecule has 0 aliphatic heterocycles. The number of alkyl halides is 1. The molecule has 0 fully saturated rings. The van der Waals surface area contributed by atoms with Gasteiger partial charge in [-0.05, 0) is 108 Å².